The van der Waals surface area contributed by atoms with Crippen molar-refractivity contribution in [1.29, 1.82) is 0 Å². The lowest BCUT2D eigenvalue weighted by atomic mass is 10.0. The van der Waals surface area contributed by atoms with E-state index in [1.165, 1.54) is 5.56 Å². The van der Waals surface area contributed by atoms with E-state index in [-0.39, 0.29) is 0 Å². The second-order valence-corrected chi connectivity index (χ2v) is 3.72. The third kappa shape index (κ3) is 1.26. The standard InChI is InChI=1S/C13H11NO/c14-9-6-7-13-11(8-9)10-4-2-1-3-5-12(10)15-13/h1-7H,8,14H2. The molecule has 0 saturated heterocycles. The van der Waals surface area contributed by atoms with Gasteiger partial charge in [0.15, 0.2) is 0 Å². The summed E-state index contributed by atoms with van der Waals surface area (Å²) in [5, 5.41) is 0. The molecule has 3 rings (SSSR count). The molecule has 2 aliphatic carbocycles. The number of furan rings is 1. The fourth-order valence-electron chi connectivity index (χ4n) is 1.94. The molecule has 0 spiro atoms. The van der Waals surface area contributed by atoms with E-state index in [2.05, 4.69) is 6.08 Å². The van der Waals surface area contributed by atoms with Crippen LogP contribution in [0.1, 0.15) is 11.1 Å². The summed E-state index contributed by atoms with van der Waals surface area (Å²) >= 11 is 0. The maximum atomic E-state index is 5.82. The SMILES string of the molecule is NC1=CC=c2oc3c(c2C1)C=CC=CC=3. The summed E-state index contributed by atoms with van der Waals surface area (Å²) in [4.78, 5) is 0. The summed E-state index contributed by atoms with van der Waals surface area (Å²) in [7, 11) is 0. The molecular weight excluding hydrogens is 186 g/mol. The van der Waals surface area contributed by atoms with Gasteiger partial charge in [0.05, 0.1) is 0 Å². The number of allylic oxidation sites excluding steroid dienone is 5. The Morgan fingerprint density at radius 3 is 2.87 bits per heavy atom. The first-order valence-corrected chi connectivity index (χ1v) is 4.98. The number of fused-ring (bicyclic) bond motifs is 3. The summed E-state index contributed by atoms with van der Waals surface area (Å²) in [6.45, 7) is 0. The van der Waals surface area contributed by atoms with Gasteiger partial charge in [-0.15, -0.1) is 0 Å². The molecule has 2 nitrogen and oxygen atoms in total. The van der Waals surface area contributed by atoms with Crippen LogP contribution in [0.5, 0.6) is 0 Å². The fourth-order valence-corrected chi connectivity index (χ4v) is 1.94. The molecule has 0 aliphatic heterocycles. The molecule has 0 amide bonds. The summed E-state index contributed by atoms with van der Waals surface area (Å²) in [6.07, 6.45) is 14.7. The third-order valence-electron chi connectivity index (χ3n) is 2.67. The maximum Gasteiger partial charge on any atom is 0.135 e. The lowest BCUT2D eigenvalue weighted by Crippen LogP contribution is -2.14. The number of nitrogens with two attached hydrogens (primary N) is 1. The largest absolute Gasteiger partial charge is 0.456 e. The van der Waals surface area contributed by atoms with Crippen molar-refractivity contribution in [3.05, 3.63) is 52.0 Å². The zero-order valence-corrected chi connectivity index (χ0v) is 8.23. The highest BCUT2D eigenvalue weighted by Gasteiger charge is 2.12. The van der Waals surface area contributed by atoms with E-state index in [0.717, 1.165) is 28.5 Å². The molecule has 0 aromatic carbocycles. The first kappa shape index (κ1) is 8.36. The average molecular weight is 197 g/mol. The minimum atomic E-state index is 0.781. The van der Waals surface area contributed by atoms with Crippen LogP contribution in [0.2, 0.25) is 0 Å². The molecule has 2 N–H and O–H groups in total. The van der Waals surface area contributed by atoms with Crippen molar-refractivity contribution < 1.29 is 4.42 Å². The Hall–Kier alpha value is -1.96. The van der Waals surface area contributed by atoms with Crippen molar-refractivity contribution >= 4 is 18.2 Å². The summed E-state index contributed by atoms with van der Waals surface area (Å²) in [5.41, 5.74) is 10.9. The highest BCUT2D eigenvalue weighted by atomic mass is 16.3. The van der Waals surface area contributed by atoms with E-state index < -0.39 is 0 Å². The molecule has 2 heteroatoms. The highest BCUT2D eigenvalue weighted by molar-refractivity contribution is 5.63. The van der Waals surface area contributed by atoms with Crippen molar-refractivity contribution in [1.82, 2.24) is 0 Å². The summed E-state index contributed by atoms with van der Waals surface area (Å²) in [6, 6.07) is 0. The van der Waals surface area contributed by atoms with Gasteiger partial charge in [-0.2, -0.15) is 0 Å². The molecule has 15 heavy (non-hydrogen) atoms. The summed E-state index contributed by atoms with van der Waals surface area (Å²) < 4.78 is 5.74. The van der Waals surface area contributed by atoms with Crippen molar-refractivity contribution in [3.8, 4) is 0 Å². The topological polar surface area (TPSA) is 39.2 Å². The minimum Gasteiger partial charge on any atom is -0.456 e. The van der Waals surface area contributed by atoms with Crippen molar-refractivity contribution in [2.24, 2.45) is 5.73 Å². The molecule has 1 heterocycles. The number of hydrogen-bond acceptors (Lipinski definition) is 2. The van der Waals surface area contributed by atoms with E-state index >= 15 is 0 Å². The van der Waals surface area contributed by atoms with E-state index in [1.54, 1.807) is 0 Å². The van der Waals surface area contributed by atoms with Crippen LogP contribution < -0.4 is 16.6 Å². The van der Waals surface area contributed by atoms with Gasteiger partial charge in [0, 0.05) is 23.2 Å². The van der Waals surface area contributed by atoms with Crippen molar-refractivity contribution in [2.75, 3.05) is 0 Å². The normalized spacial score (nSPS) is 16.9. The molecule has 74 valence electrons. The number of hydrogen-bond donors (Lipinski definition) is 1. The van der Waals surface area contributed by atoms with Gasteiger partial charge in [0.2, 0.25) is 0 Å². The summed E-state index contributed by atoms with van der Waals surface area (Å²) in [5.74, 6) is 0. The van der Waals surface area contributed by atoms with Crippen LogP contribution >= 0.6 is 0 Å². The van der Waals surface area contributed by atoms with Gasteiger partial charge in [-0.1, -0.05) is 24.3 Å². The molecule has 0 atom stereocenters. The van der Waals surface area contributed by atoms with Gasteiger partial charge in [0.1, 0.15) is 10.8 Å². The Morgan fingerprint density at radius 1 is 1.00 bits per heavy atom. The predicted octanol–water partition coefficient (Wildman–Crippen LogP) is 0.822. The molecule has 0 unspecified atom stereocenters. The number of rotatable bonds is 0. The molecule has 1 aromatic heterocycles. The van der Waals surface area contributed by atoms with E-state index in [1.807, 2.05) is 36.5 Å². The zero-order chi connectivity index (χ0) is 10.3. The van der Waals surface area contributed by atoms with E-state index in [4.69, 9.17) is 10.2 Å². The van der Waals surface area contributed by atoms with Crippen LogP contribution in [0.4, 0.5) is 0 Å². The Bertz CT molecular complexity index is 612. The molecule has 0 fully saturated rings. The predicted molar refractivity (Wildman–Crippen MR) is 61.0 cm³/mol. The Labute approximate surface area is 87.4 Å². The van der Waals surface area contributed by atoms with Crippen LogP contribution in [0.3, 0.4) is 0 Å². The van der Waals surface area contributed by atoms with Crippen LogP contribution in [0.25, 0.3) is 18.2 Å². The Balaban J connectivity index is 2.34. The maximum absolute atomic E-state index is 5.82. The second-order valence-electron chi connectivity index (χ2n) is 3.72. The molecular formula is C13H11NO. The molecule has 2 aliphatic rings. The van der Waals surface area contributed by atoms with E-state index in [0.29, 0.717) is 0 Å². The Kier molecular flexibility index (Phi) is 1.68. The highest BCUT2D eigenvalue weighted by Crippen LogP contribution is 2.11. The Morgan fingerprint density at radius 2 is 1.93 bits per heavy atom. The van der Waals surface area contributed by atoms with Gasteiger partial charge in [-0.25, -0.2) is 0 Å². The average Bonchev–Trinajstić information content (AvgIpc) is 2.44. The molecule has 0 radical (unpaired) electrons. The molecule has 0 saturated carbocycles. The monoisotopic (exact) mass is 197 g/mol. The molecule has 0 bridgehead atoms. The van der Waals surface area contributed by atoms with E-state index in [9.17, 15) is 0 Å². The van der Waals surface area contributed by atoms with Gasteiger partial charge < -0.3 is 10.2 Å². The molecule has 1 aromatic rings. The van der Waals surface area contributed by atoms with Crippen LogP contribution in [-0.2, 0) is 6.42 Å². The fraction of sp³-hybridized carbons (Fsp3) is 0.0769. The van der Waals surface area contributed by atoms with Gasteiger partial charge >= 0.3 is 0 Å². The first-order chi connectivity index (χ1) is 7.34. The van der Waals surface area contributed by atoms with Gasteiger partial charge in [0.25, 0.3) is 0 Å². The second kappa shape index (κ2) is 3.02. The lowest BCUT2D eigenvalue weighted by molar-refractivity contribution is 0.498. The minimum absolute atomic E-state index is 0.781. The van der Waals surface area contributed by atoms with Crippen LogP contribution in [-0.4, -0.2) is 0 Å². The quantitative estimate of drug-likeness (QED) is 0.669. The van der Waals surface area contributed by atoms with Gasteiger partial charge in [-0.05, 0) is 18.2 Å². The van der Waals surface area contributed by atoms with Crippen LogP contribution in [0, 0.1) is 0 Å². The first-order valence-electron chi connectivity index (χ1n) is 4.98. The van der Waals surface area contributed by atoms with Crippen molar-refractivity contribution in [2.45, 2.75) is 6.42 Å². The van der Waals surface area contributed by atoms with Gasteiger partial charge in [-0.3, -0.25) is 0 Å². The van der Waals surface area contributed by atoms with Crippen LogP contribution in [0.15, 0.2) is 34.4 Å². The van der Waals surface area contributed by atoms with Crippen molar-refractivity contribution in [3.63, 3.8) is 0 Å². The smallest absolute Gasteiger partial charge is 0.135 e. The zero-order valence-electron chi connectivity index (χ0n) is 8.23. The third-order valence-corrected chi connectivity index (χ3v) is 2.67. The lowest BCUT2D eigenvalue weighted by Gasteiger charge is -2.03.